The van der Waals surface area contributed by atoms with E-state index in [0.29, 0.717) is 0 Å². The molecule has 1 aliphatic rings. The largest absolute Gasteiger partial charge is 0.178 e. The summed E-state index contributed by atoms with van der Waals surface area (Å²) in [5.74, 6) is 2.42. The van der Waals surface area contributed by atoms with E-state index in [1.54, 1.807) is 0 Å². The lowest BCUT2D eigenvalue weighted by atomic mass is 10.6. The van der Waals surface area contributed by atoms with Crippen LogP contribution in [0.5, 0.6) is 0 Å². The van der Waals surface area contributed by atoms with Crippen molar-refractivity contribution in [3.05, 3.63) is 0 Å². The molecular weight excluding hydrogens is 100 g/mol. The van der Waals surface area contributed by atoms with Crippen molar-refractivity contribution < 1.29 is 0 Å². The van der Waals surface area contributed by atoms with Crippen LogP contribution >= 0.6 is 24.4 Å². The van der Waals surface area contributed by atoms with E-state index in [0.717, 1.165) is 11.0 Å². The second kappa shape index (κ2) is 1.43. The van der Waals surface area contributed by atoms with Gasteiger partial charge in [0.15, 0.2) is 0 Å². The molecule has 0 aromatic carbocycles. The molecule has 0 spiro atoms. The molecule has 0 saturated carbocycles. The third-order valence-electron chi connectivity index (χ3n) is 0.606. The van der Waals surface area contributed by atoms with Crippen LogP contribution in [0.15, 0.2) is 0 Å². The van der Waals surface area contributed by atoms with Crippen LogP contribution in [0.25, 0.3) is 0 Å². The number of thioether (sulfide) groups is 1. The summed E-state index contributed by atoms with van der Waals surface area (Å²) in [5, 5.41) is 0.915. The Bertz CT molecular complexity index is 31.9. The highest BCUT2D eigenvalue weighted by Gasteiger charge is 2.18. The topological polar surface area (TPSA) is 0 Å². The van der Waals surface area contributed by atoms with Gasteiger partial charge in [0, 0.05) is 16.8 Å². The molecule has 0 aromatic heterocycles. The van der Waals surface area contributed by atoms with Crippen LogP contribution in [0.4, 0.5) is 0 Å². The van der Waals surface area contributed by atoms with Crippen LogP contribution in [0, 0.1) is 0 Å². The number of thiol groups is 1. The number of rotatable bonds is 1. The summed E-state index contributed by atoms with van der Waals surface area (Å²) in [5.41, 5.74) is 0. The van der Waals surface area contributed by atoms with Gasteiger partial charge < -0.3 is 0 Å². The lowest BCUT2D eigenvalue weighted by molar-refractivity contribution is 1.28. The van der Waals surface area contributed by atoms with Crippen molar-refractivity contribution in [2.75, 3.05) is 11.5 Å². The maximum atomic E-state index is 4.06. The lowest BCUT2D eigenvalue weighted by Gasteiger charge is -1.70. The van der Waals surface area contributed by atoms with Gasteiger partial charge in [0.05, 0.1) is 0 Å². The maximum absolute atomic E-state index is 4.06. The Morgan fingerprint density at radius 3 is 2.60 bits per heavy atom. The fourth-order valence-corrected chi connectivity index (χ4v) is 1.15. The van der Waals surface area contributed by atoms with Crippen LogP contribution in [-0.4, -0.2) is 16.8 Å². The minimum absolute atomic E-state index is 0.915. The second-order valence-corrected chi connectivity index (χ2v) is 2.84. The zero-order chi connectivity index (χ0) is 3.70. The first-order valence-electron chi connectivity index (χ1n) is 1.66. The molecule has 30 valence electrons. The smallest absolute Gasteiger partial charge is 0.0226 e. The molecule has 0 aromatic rings. The molecule has 5 heavy (non-hydrogen) atoms. The summed E-state index contributed by atoms with van der Waals surface area (Å²) in [7, 11) is 0. The molecule has 1 fully saturated rings. The Kier molecular flexibility index (Phi) is 1.11. The SMILES string of the molecule is SCC1CS1. The van der Waals surface area contributed by atoms with Crippen molar-refractivity contribution >= 4 is 24.4 Å². The second-order valence-electron chi connectivity index (χ2n) is 1.14. The molecule has 1 heterocycles. The van der Waals surface area contributed by atoms with Crippen LogP contribution in [0.1, 0.15) is 0 Å². The summed E-state index contributed by atoms with van der Waals surface area (Å²) >= 11 is 6.05. The van der Waals surface area contributed by atoms with E-state index < -0.39 is 0 Å². The van der Waals surface area contributed by atoms with Crippen molar-refractivity contribution in [2.45, 2.75) is 5.25 Å². The summed E-state index contributed by atoms with van der Waals surface area (Å²) in [6.45, 7) is 0. The molecule has 0 nitrogen and oxygen atoms in total. The van der Waals surface area contributed by atoms with Gasteiger partial charge in [-0.3, -0.25) is 0 Å². The van der Waals surface area contributed by atoms with Gasteiger partial charge in [-0.2, -0.15) is 24.4 Å². The van der Waals surface area contributed by atoms with Gasteiger partial charge in [0.2, 0.25) is 0 Å². The predicted octanol–water partition coefficient (Wildman–Crippen LogP) is 1.03. The molecule has 0 amide bonds. The monoisotopic (exact) mass is 106 g/mol. The summed E-state index contributed by atoms with van der Waals surface area (Å²) < 4.78 is 0. The average Bonchev–Trinajstić information content (AvgIpc) is 2.12. The quantitative estimate of drug-likeness (QED) is 0.385. The highest BCUT2D eigenvalue weighted by molar-refractivity contribution is 8.07. The fraction of sp³-hybridized carbons (Fsp3) is 1.00. The first-order valence-corrected chi connectivity index (χ1v) is 3.34. The van der Waals surface area contributed by atoms with Crippen LogP contribution in [0.2, 0.25) is 0 Å². The molecule has 1 rings (SSSR count). The highest BCUT2D eigenvalue weighted by atomic mass is 32.2. The minimum atomic E-state index is 0.915. The molecule has 0 N–H and O–H groups in total. The third kappa shape index (κ3) is 1.05. The minimum Gasteiger partial charge on any atom is -0.178 e. The first kappa shape index (κ1) is 3.88. The van der Waals surface area contributed by atoms with Gasteiger partial charge in [0.1, 0.15) is 0 Å². The van der Waals surface area contributed by atoms with Crippen LogP contribution in [-0.2, 0) is 0 Å². The van der Waals surface area contributed by atoms with Crippen LogP contribution in [0.3, 0.4) is 0 Å². The first-order chi connectivity index (χ1) is 2.43. The Hall–Kier alpha value is 0.700. The molecule has 0 bridgehead atoms. The van der Waals surface area contributed by atoms with Crippen LogP contribution < -0.4 is 0 Å². The third-order valence-corrected chi connectivity index (χ3v) is 2.27. The van der Waals surface area contributed by atoms with Crippen molar-refractivity contribution in [3.8, 4) is 0 Å². The summed E-state index contributed by atoms with van der Waals surface area (Å²) in [6, 6.07) is 0. The average molecular weight is 106 g/mol. The lowest BCUT2D eigenvalue weighted by Crippen LogP contribution is -1.78. The Morgan fingerprint density at radius 2 is 2.60 bits per heavy atom. The summed E-state index contributed by atoms with van der Waals surface area (Å²) in [4.78, 5) is 0. The van der Waals surface area contributed by atoms with E-state index in [9.17, 15) is 0 Å². The van der Waals surface area contributed by atoms with Crippen molar-refractivity contribution in [1.29, 1.82) is 0 Å². The molecule has 1 unspecified atom stereocenters. The van der Waals surface area contributed by atoms with Gasteiger partial charge in [-0.25, -0.2) is 0 Å². The number of hydrogen-bond acceptors (Lipinski definition) is 2. The van der Waals surface area contributed by atoms with Crippen molar-refractivity contribution in [3.63, 3.8) is 0 Å². The van der Waals surface area contributed by atoms with E-state index in [1.807, 2.05) is 11.8 Å². The van der Waals surface area contributed by atoms with Crippen molar-refractivity contribution in [2.24, 2.45) is 0 Å². The van der Waals surface area contributed by atoms with E-state index in [1.165, 1.54) is 5.75 Å². The zero-order valence-electron chi connectivity index (χ0n) is 2.85. The normalized spacial score (nSPS) is 34.2. The van der Waals surface area contributed by atoms with Gasteiger partial charge in [-0.15, -0.1) is 0 Å². The Morgan fingerprint density at radius 1 is 2.00 bits per heavy atom. The zero-order valence-corrected chi connectivity index (χ0v) is 4.56. The highest BCUT2D eigenvalue weighted by Crippen LogP contribution is 2.30. The van der Waals surface area contributed by atoms with Gasteiger partial charge in [0.25, 0.3) is 0 Å². The Labute approximate surface area is 41.7 Å². The molecule has 0 aliphatic carbocycles. The van der Waals surface area contributed by atoms with E-state index in [2.05, 4.69) is 12.6 Å². The van der Waals surface area contributed by atoms with Gasteiger partial charge >= 0.3 is 0 Å². The van der Waals surface area contributed by atoms with Gasteiger partial charge in [-0.1, -0.05) is 0 Å². The number of hydrogen-bond donors (Lipinski definition) is 1. The van der Waals surface area contributed by atoms with E-state index in [-0.39, 0.29) is 0 Å². The molecule has 1 saturated heterocycles. The molecule has 1 atom stereocenters. The maximum Gasteiger partial charge on any atom is 0.0226 e. The molecule has 2 heteroatoms. The summed E-state index contributed by atoms with van der Waals surface area (Å²) in [6.07, 6.45) is 0. The van der Waals surface area contributed by atoms with E-state index in [4.69, 9.17) is 0 Å². The predicted molar refractivity (Wildman–Crippen MR) is 30.1 cm³/mol. The Balaban J connectivity index is 2.00. The molecule has 1 aliphatic heterocycles. The van der Waals surface area contributed by atoms with Crippen molar-refractivity contribution in [1.82, 2.24) is 0 Å². The van der Waals surface area contributed by atoms with Gasteiger partial charge in [-0.05, 0) is 0 Å². The fourth-order valence-electron chi connectivity index (χ4n) is 0.173. The molecular formula is C3H6S2. The standard InChI is InChI=1S/C3H6S2/c4-1-3-2-5-3/h3-4H,1-2H2. The van der Waals surface area contributed by atoms with E-state index >= 15 is 0 Å². The molecule has 0 radical (unpaired) electrons.